The maximum Gasteiger partial charge on any atom is 0.328 e. The second kappa shape index (κ2) is 11.1. The van der Waals surface area contributed by atoms with E-state index in [-0.39, 0.29) is 11.1 Å². The number of nitrogens with zero attached hydrogens (tertiary/aromatic N) is 2. The molecule has 0 unspecified atom stereocenters. The highest BCUT2D eigenvalue weighted by Gasteiger charge is 2.37. The second-order valence-electron chi connectivity index (χ2n) is 10.4. The minimum Gasteiger partial charge on any atom is -0.458 e. The molecule has 7 nitrogen and oxygen atoms in total. The molecule has 0 radical (unpaired) electrons. The number of amides is 2. The van der Waals surface area contributed by atoms with Gasteiger partial charge in [-0.05, 0) is 69.9 Å². The van der Waals surface area contributed by atoms with Gasteiger partial charge in [0.15, 0.2) is 8.32 Å². The van der Waals surface area contributed by atoms with Crippen LogP contribution in [0.1, 0.15) is 54.0 Å². The molecular formula is C23H41N3O4Si. The highest BCUT2D eigenvalue weighted by molar-refractivity contribution is 6.74. The maximum absolute atomic E-state index is 12.9. The van der Waals surface area contributed by atoms with Gasteiger partial charge in [-0.2, -0.15) is 0 Å². The first-order chi connectivity index (χ1) is 14.1. The van der Waals surface area contributed by atoms with Crippen molar-refractivity contribution in [3.05, 3.63) is 30.1 Å². The van der Waals surface area contributed by atoms with Crippen LogP contribution in [0.15, 0.2) is 24.5 Å². The summed E-state index contributed by atoms with van der Waals surface area (Å²) in [6, 6.07) is 2.83. The van der Waals surface area contributed by atoms with Crippen LogP contribution in [0.3, 0.4) is 0 Å². The molecule has 0 saturated carbocycles. The number of aromatic nitrogens is 1. The Hall–Kier alpha value is -1.93. The van der Waals surface area contributed by atoms with E-state index >= 15 is 0 Å². The molecule has 0 aliphatic rings. The molecule has 0 bridgehead atoms. The number of hydrogen-bond acceptors (Lipinski definition) is 5. The van der Waals surface area contributed by atoms with Gasteiger partial charge in [0.2, 0.25) is 0 Å². The SMILES string of the molecule is C[C@H](NC(=O)N(CCO[Si](C)(C)C(C)(C)C)CCc1ccncc1)C(=O)OC(C)(C)C. The normalized spacial score (nSPS) is 13.5. The van der Waals surface area contributed by atoms with Crippen molar-refractivity contribution in [3.63, 3.8) is 0 Å². The molecule has 1 atom stereocenters. The Morgan fingerprint density at radius 1 is 1.10 bits per heavy atom. The summed E-state index contributed by atoms with van der Waals surface area (Å²) in [5, 5.41) is 2.87. The van der Waals surface area contributed by atoms with Crippen molar-refractivity contribution in [1.82, 2.24) is 15.2 Å². The molecule has 31 heavy (non-hydrogen) atoms. The van der Waals surface area contributed by atoms with Gasteiger partial charge in [-0.15, -0.1) is 0 Å². The third-order valence-corrected chi connectivity index (χ3v) is 9.98. The van der Waals surface area contributed by atoms with E-state index in [2.05, 4.69) is 44.2 Å². The van der Waals surface area contributed by atoms with Gasteiger partial charge in [-0.3, -0.25) is 4.98 Å². The number of ether oxygens (including phenoxy) is 1. The fourth-order valence-corrected chi connectivity index (χ4v) is 3.52. The molecule has 2 amide bonds. The zero-order chi connectivity index (χ0) is 23.9. The molecule has 176 valence electrons. The van der Waals surface area contributed by atoms with Gasteiger partial charge < -0.3 is 19.4 Å². The first-order valence-corrected chi connectivity index (χ1v) is 13.8. The Morgan fingerprint density at radius 3 is 2.19 bits per heavy atom. The largest absolute Gasteiger partial charge is 0.458 e. The number of carbonyl (C=O) groups is 2. The van der Waals surface area contributed by atoms with E-state index in [1.165, 1.54) is 0 Å². The first-order valence-electron chi connectivity index (χ1n) is 10.9. The molecule has 1 aromatic rings. The topological polar surface area (TPSA) is 80.8 Å². The average molecular weight is 452 g/mol. The van der Waals surface area contributed by atoms with Crippen LogP contribution in [0.5, 0.6) is 0 Å². The van der Waals surface area contributed by atoms with E-state index in [0.29, 0.717) is 26.1 Å². The molecule has 0 fully saturated rings. The molecular weight excluding hydrogens is 410 g/mol. The monoisotopic (exact) mass is 451 g/mol. The quantitative estimate of drug-likeness (QED) is 0.445. The summed E-state index contributed by atoms with van der Waals surface area (Å²) in [5.41, 5.74) is 0.493. The Labute approximate surface area is 189 Å². The molecule has 0 saturated heterocycles. The van der Waals surface area contributed by atoms with Crippen LogP contribution in [-0.4, -0.2) is 61.5 Å². The summed E-state index contributed by atoms with van der Waals surface area (Å²) in [4.78, 5) is 31.0. The standard InChI is InChI=1S/C23H41N3O4Si/c1-18(20(27)30-22(2,3)4)25-21(28)26(15-12-19-10-13-24-14-11-19)16-17-29-31(8,9)23(5,6)7/h10-11,13-14,18H,12,15-17H2,1-9H3,(H,25,28)/t18-/m0/s1. The highest BCUT2D eigenvalue weighted by Crippen LogP contribution is 2.36. The predicted molar refractivity (Wildman–Crippen MR) is 127 cm³/mol. The summed E-state index contributed by atoms with van der Waals surface area (Å²) >= 11 is 0. The molecule has 1 N–H and O–H groups in total. The van der Waals surface area contributed by atoms with Crippen LogP contribution < -0.4 is 5.32 Å². The van der Waals surface area contributed by atoms with Crippen molar-refractivity contribution in [1.29, 1.82) is 0 Å². The Morgan fingerprint density at radius 2 is 1.68 bits per heavy atom. The summed E-state index contributed by atoms with van der Waals surface area (Å²) in [5.74, 6) is -0.451. The van der Waals surface area contributed by atoms with Crippen LogP contribution in [0.4, 0.5) is 4.79 Å². The van der Waals surface area contributed by atoms with E-state index in [9.17, 15) is 9.59 Å². The fraction of sp³-hybridized carbons (Fsp3) is 0.696. The molecule has 0 aromatic carbocycles. The van der Waals surface area contributed by atoms with Gasteiger partial charge in [-0.25, -0.2) is 9.59 Å². The molecule has 0 aliphatic carbocycles. The third kappa shape index (κ3) is 9.82. The molecule has 0 spiro atoms. The van der Waals surface area contributed by atoms with Gasteiger partial charge in [0.05, 0.1) is 6.61 Å². The second-order valence-corrected chi connectivity index (χ2v) is 15.2. The van der Waals surface area contributed by atoms with E-state index < -0.39 is 25.9 Å². The van der Waals surface area contributed by atoms with Crippen molar-refractivity contribution >= 4 is 20.3 Å². The zero-order valence-corrected chi connectivity index (χ0v) is 21.7. The lowest BCUT2D eigenvalue weighted by Gasteiger charge is -2.37. The number of urea groups is 1. The van der Waals surface area contributed by atoms with E-state index in [0.717, 1.165) is 5.56 Å². The van der Waals surface area contributed by atoms with Crippen molar-refractivity contribution in [2.45, 2.75) is 84.7 Å². The fourth-order valence-electron chi connectivity index (χ4n) is 2.48. The van der Waals surface area contributed by atoms with Gasteiger partial charge in [0.1, 0.15) is 11.6 Å². The number of rotatable bonds is 9. The number of pyridine rings is 1. The Bertz CT molecular complexity index is 712. The molecule has 1 aromatic heterocycles. The van der Waals surface area contributed by atoms with Crippen LogP contribution in [0.2, 0.25) is 18.1 Å². The summed E-state index contributed by atoms with van der Waals surface area (Å²) in [6.45, 7) is 19.4. The minimum absolute atomic E-state index is 0.0996. The van der Waals surface area contributed by atoms with Crippen molar-refractivity contribution < 1.29 is 18.8 Å². The number of esters is 1. The van der Waals surface area contributed by atoms with Crippen molar-refractivity contribution in [2.75, 3.05) is 19.7 Å². The van der Waals surface area contributed by atoms with Crippen molar-refractivity contribution in [3.8, 4) is 0 Å². The van der Waals surface area contributed by atoms with Crippen LogP contribution in [0, 0.1) is 0 Å². The first kappa shape index (κ1) is 27.1. The number of carbonyl (C=O) groups excluding carboxylic acids is 2. The molecule has 1 heterocycles. The smallest absolute Gasteiger partial charge is 0.328 e. The maximum atomic E-state index is 12.9. The zero-order valence-electron chi connectivity index (χ0n) is 20.7. The number of hydrogen-bond donors (Lipinski definition) is 1. The van der Waals surface area contributed by atoms with Crippen LogP contribution in [0.25, 0.3) is 0 Å². The Balaban J connectivity index is 2.78. The summed E-state index contributed by atoms with van der Waals surface area (Å²) in [6.07, 6.45) is 4.17. The van der Waals surface area contributed by atoms with E-state index in [1.54, 1.807) is 45.0 Å². The predicted octanol–water partition coefficient (Wildman–Crippen LogP) is 4.39. The lowest BCUT2D eigenvalue weighted by molar-refractivity contribution is -0.156. The molecule has 0 aliphatic heterocycles. The third-order valence-electron chi connectivity index (χ3n) is 5.44. The van der Waals surface area contributed by atoms with Gasteiger partial charge >= 0.3 is 12.0 Å². The highest BCUT2D eigenvalue weighted by atomic mass is 28.4. The van der Waals surface area contributed by atoms with Crippen LogP contribution >= 0.6 is 0 Å². The average Bonchev–Trinajstić information content (AvgIpc) is 2.62. The van der Waals surface area contributed by atoms with E-state index in [1.807, 2.05) is 12.1 Å². The molecule has 1 rings (SSSR count). The summed E-state index contributed by atoms with van der Waals surface area (Å²) < 4.78 is 11.6. The van der Waals surface area contributed by atoms with Gasteiger partial charge in [0, 0.05) is 25.5 Å². The molecule has 8 heteroatoms. The minimum atomic E-state index is -1.91. The van der Waals surface area contributed by atoms with E-state index in [4.69, 9.17) is 9.16 Å². The summed E-state index contributed by atoms with van der Waals surface area (Å²) in [7, 11) is -1.91. The lowest BCUT2D eigenvalue weighted by atomic mass is 10.2. The lowest BCUT2D eigenvalue weighted by Crippen LogP contribution is -2.50. The van der Waals surface area contributed by atoms with Gasteiger partial charge in [-0.1, -0.05) is 20.8 Å². The number of nitrogens with one attached hydrogen (secondary N) is 1. The van der Waals surface area contributed by atoms with Gasteiger partial charge in [0.25, 0.3) is 0 Å². The van der Waals surface area contributed by atoms with Crippen molar-refractivity contribution in [2.24, 2.45) is 0 Å². The van der Waals surface area contributed by atoms with Crippen LogP contribution in [-0.2, 0) is 20.4 Å². The Kier molecular flexibility index (Phi) is 9.69.